The number of nitro benzene ring substituents is 2. The predicted octanol–water partition coefficient (Wildman–Crippen LogP) is 2.89. The summed E-state index contributed by atoms with van der Waals surface area (Å²) in [5.74, 6) is 0. The third-order valence-electron chi connectivity index (χ3n) is 6.98. The molecule has 0 spiro atoms. The van der Waals surface area contributed by atoms with Gasteiger partial charge in [-0.05, 0) is 80.6 Å². The maximum atomic E-state index is 12.1. The molecule has 1 atom stereocenters. The SMILES string of the molecule is C.CC1(C)OB(c2ccc([N+](=O)[O-])cc2)OC1(C)C.O=S([O-])c1ccccc1.O=[N+]([O-])c1ccc(S(=O)(=O)c2ccccc2)cc1.[Na+]. The van der Waals surface area contributed by atoms with Gasteiger partial charge in [0.05, 0.1) is 30.8 Å². The van der Waals surface area contributed by atoms with Crippen LogP contribution in [-0.2, 0) is 30.2 Å². The van der Waals surface area contributed by atoms with E-state index < -0.39 is 49.1 Å². The first-order valence-electron chi connectivity index (χ1n) is 13.3. The third kappa shape index (κ3) is 11.1. The summed E-state index contributed by atoms with van der Waals surface area (Å²) in [5.41, 5.74) is -0.0877. The average molecular weight is 693 g/mol. The van der Waals surface area contributed by atoms with Gasteiger partial charge in [0.1, 0.15) is 0 Å². The molecule has 4 aromatic rings. The zero-order valence-corrected chi connectivity index (χ0v) is 29.4. The monoisotopic (exact) mass is 692 g/mol. The first-order chi connectivity index (χ1) is 21.0. The Balaban J connectivity index is 0.000000364. The van der Waals surface area contributed by atoms with E-state index in [1.54, 1.807) is 60.7 Å². The molecule has 1 aliphatic heterocycles. The van der Waals surface area contributed by atoms with Gasteiger partial charge < -0.3 is 13.9 Å². The molecule has 0 bridgehead atoms. The fourth-order valence-electron chi connectivity index (χ4n) is 3.75. The van der Waals surface area contributed by atoms with Gasteiger partial charge in [-0.2, -0.15) is 0 Å². The molecule has 0 amide bonds. The molecular weight excluding hydrogens is 658 g/mol. The van der Waals surface area contributed by atoms with Crippen LogP contribution in [0, 0.1) is 20.2 Å². The van der Waals surface area contributed by atoms with E-state index in [0.29, 0.717) is 4.90 Å². The molecule has 0 radical (unpaired) electrons. The Morgan fingerprint density at radius 1 is 0.660 bits per heavy atom. The van der Waals surface area contributed by atoms with Crippen molar-refractivity contribution in [1.82, 2.24) is 0 Å². The molecule has 1 aliphatic rings. The van der Waals surface area contributed by atoms with Crippen molar-refractivity contribution in [2.75, 3.05) is 0 Å². The normalized spacial score (nSPS) is 14.8. The fourth-order valence-corrected chi connectivity index (χ4v) is 5.41. The average Bonchev–Trinajstić information content (AvgIpc) is 3.24. The molecule has 47 heavy (non-hydrogen) atoms. The van der Waals surface area contributed by atoms with Crippen LogP contribution in [-0.4, -0.2) is 45.3 Å². The number of hydrogen-bond donors (Lipinski definition) is 0. The van der Waals surface area contributed by atoms with Crippen LogP contribution < -0.4 is 35.0 Å². The molecule has 1 saturated heterocycles. The van der Waals surface area contributed by atoms with Crippen molar-refractivity contribution in [3.63, 3.8) is 0 Å². The van der Waals surface area contributed by atoms with Crippen LogP contribution in [0.2, 0.25) is 0 Å². The van der Waals surface area contributed by atoms with Crippen LogP contribution in [0.3, 0.4) is 0 Å². The number of hydrogen-bond acceptors (Lipinski definition) is 10. The zero-order chi connectivity index (χ0) is 33.4. The second-order valence-electron chi connectivity index (χ2n) is 10.6. The van der Waals surface area contributed by atoms with Crippen molar-refractivity contribution >= 4 is 44.9 Å². The van der Waals surface area contributed by atoms with Gasteiger partial charge in [-0.25, -0.2) is 8.42 Å². The smallest absolute Gasteiger partial charge is 0.768 e. The van der Waals surface area contributed by atoms with Gasteiger partial charge >= 0.3 is 36.7 Å². The minimum Gasteiger partial charge on any atom is -0.768 e. The Labute approximate surface area is 299 Å². The summed E-state index contributed by atoms with van der Waals surface area (Å²) in [5, 5.41) is 21.1. The van der Waals surface area contributed by atoms with E-state index in [-0.39, 0.29) is 58.1 Å². The topological polar surface area (TPSA) is 179 Å². The summed E-state index contributed by atoms with van der Waals surface area (Å²) in [4.78, 5) is 20.6. The van der Waals surface area contributed by atoms with Crippen LogP contribution in [0.4, 0.5) is 11.4 Å². The number of non-ortho nitro benzene ring substituents is 2. The molecule has 1 unspecified atom stereocenters. The van der Waals surface area contributed by atoms with Gasteiger partial charge in [0.2, 0.25) is 9.84 Å². The number of nitro groups is 2. The molecule has 5 rings (SSSR count). The molecule has 16 heteroatoms. The van der Waals surface area contributed by atoms with E-state index in [0.717, 1.165) is 5.46 Å². The van der Waals surface area contributed by atoms with E-state index in [9.17, 15) is 37.4 Å². The third-order valence-corrected chi connectivity index (χ3v) is 9.42. The maximum Gasteiger partial charge on any atom is 1.00 e. The Bertz CT molecular complexity index is 1730. The second kappa shape index (κ2) is 17.8. The first-order valence-corrected chi connectivity index (χ1v) is 15.9. The molecule has 1 heterocycles. The van der Waals surface area contributed by atoms with E-state index in [2.05, 4.69) is 0 Å². The van der Waals surface area contributed by atoms with Gasteiger partial charge in [-0.3, -0.25) is 24.4 Å². The summed E-state index contributed by atoms with van der Waals surface area (Å²) in [7, 11) is -4.08. The van der Waals surface area contributed by atoms with E-state index in [4.69, 9.17) is 9.31 Å². The molecule has 4 aromatic carbocycles. The molecule has 1 fully saturated rings. The van der Waals surface area contributed by atoms with Gasteiger partial charge in [0.15, 0.2) is 0 Å². The number of sulfone groups is 1. The van der Waals surface area contributed by atoms with Crippen LogP contribution >= 0.6 is 0 Å². The standard InChI is InChI=1S/C12H16BNO4.C12H9NO4S.C6H6O2S.CH4.Na/c1-11(2)12(3,4)18-13(17-11)9-5-7-10(8-6-9)14(15)16;14-13(15)10-6-8-12(9-7-10)18(16,17)11-4-2-1-3-5-11;7-9(8)6-4-2-1-3-5-6;;/h5-8H,1-4H3;1-9H;1-5H,(H,7,8);1H4;/q;;;;+1/p-1. The zero-order valence-electron chi connectivity index (χ0n) is 25.8. The fraction of sp³-hybridized carbons (Fsp3) is 0.226. The summed E-state index contributed by atoms with van der Waals surface area (Å²) in [6.07, 6.45) is 0. The molecule has 244 valence electrons. The van der Waals surface area contributed by atoms with Crippen molar-refractivity contribution in [3.05, 3.63) is 129 Å². The van der Waals surface area contributed by atoms with Crippen molar-refractivity contribution in [1.29, 1.82) is 0 Å². The summed E-state index contributed by atoms with van der Waals surface area (Å²) < 4.78 is 56.4. The van der Waals surface area contributed by atoms with Crippen LogP contribution in [0.5, 0.6) is 0 Å². The van der Waals surface area contributed by atoms with Crippen LogP contribution in [0.15, 0.2) is 124 Å². The minimum atomic E-state index is -3.60. The molecule has 0 saturated carbocycles. The van der Waals surface area contributed by atoms with Gasteiger partial charge in [-0.15, -0.1) is 0 Å². The summed E-state index contributed by atoms with van der Waals surface area (Å²) in [6.45, 7) is 7.88. The van der Waals surface area contributed by atoms with Crippen molar-refractivity contribution < 1.29 is 65.9 Å². The number of rotatable bonds is 6. The van der Waals surface area contributed by atoms with Crippen molar-refractivity contribution in [3.8, 4) is 0 Å². The number of nitrogens with zero attached hydrogens (tertiary/aromatic N) is 2. The predicted molar refractivity (Wildman–Crippen MR) is 174 cm³/mol. The Morgan fingerprint density at radius 2 is 1.02 bits per heavy atom. The van der Waals surface area contributed by atoms with Crippen LogP contribution in [0.1, 0.15) is 35.1 Å². The Hall–Kier alpha value is -3.28. The Morgan fingerprint density at radius 3 is 1.38 bits per heavy atom. The molecule has 0 aliphatic carbocycles. The Kier molecular flexibility index (Phi) is 15.8. The summed E-state index contributed by atoms with van der Waals surface area (Å²) >= 11 is -2.08. The molecular formula is C31H34BN2NaO10S2. The van der Waals surface area contributed by atoms with Crippen molar-refractivity contribution in [2.24, 2.45) is 0 Å². The minimum absolute atomic E-state index is 0. The van der Waals surface area contributed by atoms with E-state index in [1.165, 1.54) is 48.5 Å². The number of benzene rings is 4. The maximum absolute atomic E-state index is 12.1. The first kappa shape index (κ1) is 41.7. The second-order valence-corrected chi connectivity index (χ2v) is 13.4. The largest absolute Gasteiger partial charge is 1.00 e. The molecule has 0 N–H and O–H groups in total. The van der Waals surface area contributed by atoms with E-state index in [1.807, 2.05) is 27.7 Å². The quantitative estimate of drug-likeness (QED) is 0.126. The molecule has 0 aromatic heterocycles. The van der Waals surface area contributed by atoms with Gasteiger partial charge in [0.25, 0.3) is 11.4 Å². The summed E-state index contributed by atoms with van der Waals surface area (Å²) in [6, 6.07) is 27.2. The van der Waals surface area contributed by atoms with Crippen molar-refractivity contribution in [2.45, 2.75) is 61.0 Å². The van der Waals surface area contributed by atoms with Crippen LogP contribution in [0.25, 0.3) is 0 Å². The van der Waals surface area contributed by atoms with Gasteiger partial charge in [0, 0.05) is 29.2 Å². The van der Waals surface area contributed by atoms with Gasteiger partial charge in [-0.1, -0.05) is 56.0 Å². The van der Waals surface area contributed by atoms with E-state index >= 15 is 0 Å². The molecule has 12 nitrogen and oxygen atoms in total.